The zero-order chi connectivity index (χ0) is 12.4. The average molecular weight is 236 g/mol. The van der Waals surface area contributed by atoms with Crippen LogP contribution in [-0.2, 0) is 0 Å². The van der Waals surface area contributed by atoms with Crippen molar-refractivity contribution < 1.29 is 18.6 Å². The number of aromatic hydroxyl groups is 1. The average Bonchev–Trinajstić information content (AvgIpc) is 2.27. The lowest BCUT2D eigenvalue weighted by Gasteiger charge is -2.06. The number of phenolic OH excluding ortho intramolecular Hbond substituents is 1. The number of phenols is 1. The third-order valence-electron chi connectivity index (χ3n) is 2.37. The molecule has 0 atom stereocenters. The SMILES string of the molecule is COc1ccc(-c2cc(O)cc(F)c2)cc1F. The maximum atomic E-state index is 13.5. The first-order chi connectivity index (χ1) is 8.10. The largest absolute Gasteiger partial charge is 0.508 e. The topological polar surface area (TPSA) is 29.5 Å². The minimum Gasteiger partial charge on any atom is -0.508 e. The molecule has 2 rings (SSSR count). The van der Waals surface area contributed by atoms with Crippen molar-refractivity contribution in [2.24, 2.45) is 0 Å². The van der Waals surface area contributed by atoms with Crippen molar-refractivity contribution in [1.29, 1.82) is 0 Å². The fourth-order valence-corrected chi connectivity index (χ4v) is 1.59. The Bertz CT molecular complexity index is 533. The number of hydrogen-bond donors (Lipinski definition) is 1. The van der Waals surface area contributed by atoms with E-state index in [-0.39, 0.29) is 11.5 Å². The molecule has 0 aromatic heterocycles. The highest BCUT2D eigenvalue weighted by Crippen LogP contribution is 2.28. The van der Waals surface area contributed by atoms with Crippen molar-refractivity contribution in [1.82, 2.24) is 0 Å². The Labute approximate surface area is 97.1 Å². The first kappa shape index (κ1) is 11.4. The summed E-state index contributed by atoms with van der Waals surface area (Å²) >= 11 is 0. The maximum absolute atomic E-state index is 13.5. The number of ether oxygens (including phenoxy) is 1. The fourth-order valence-electron chi connectivity index (χ4n) is 1.59. The molecule has 1 N–H and O–H groups in total. The van der Waals surface area contributed by atoms with E-state index in [9.17, 15) is 13.9 Å². The van der Waals surface area contributed by atoms with Crippen LogP contribution in [0.4, 0.5) is 8.78 Å². The molecule has 2 nitrogen and oxygen atoms in total. The van der Waals surface area contributed by atoms with Crippen molar-refractivity contribution in [3.8, 4) is 22.6 Å². The highest BCUT2D eigenvalue weighted by molar-refractivity contribution is 5.66. The maximum Gasteiger partial charge on any atom is 0.165 e. The first-order valence-electron chi connectivity index (χ1n) is 4.93. The highest BCUT2D eigenvalue weighted by Gasteiger charge is 2.07. The Hall–Kier alpha value is -2.10. The van der Waals surface area contributed by atoms with Crippen LogP contribution < -0.4 is 4.74 Å². The van der Waals surface area contributed by atoms with E-state index in [0.29, 0.717) is 11.1 Å². The Balaban J connectivity index is 2.49. The number of benzene rings is 2. The van der Waals surface area contributed by atoms with Crippen LogP contribution in [0.2, 0.25) is 0 Å². The summed E-state index contributed by atoms with van der Waals surface area (Å²) < 4.78 is 31.3. The standard InChI is InChI=1S/C13H10F2O2/c1-17-13-3-2-8(6-12(13)15)9-4-10(14)7-11(16)5-9/h2-7,16H,1H3. The molecule has 0 fully saturated rings. The van der Waals surface area contributed by atoms with Gasteiger partial charge in [-0.1, -0.05) is 6.07 Å². The van der Waals surface area contributed by atoms with Crippen LogP contribution >= 0.6 is 0 Å². The molecule has 0 aliphatic carbocycles. The van der Waals surface area contributed by atoms with Gasteiger partial charge in [0.05, 0.1) is 7.11 Å². The van der Waals surface area contributed by atoms with Gasteiger partial charge in [0.15, 0.2) is 11.6 Å². The van der Waals surface area contributed by atoms with E-state index in [4.69, 9.17) is 4.74 Å². The molecule has 2 aromatic rings. The molecular formula is C13H10F2O2. The first-order valence-corrected chi connectivity index (χ1v) is 4.93. The quantitative estimate of drug-likeness (QED) is 0.866. The third kappa shape index (κ3) is 2.36. The minimum atomic E-state index is -0.573. The van der Waals surface area contributed by atoms with Crippen molar-refractivity contribution >= 4 is 0 Å². The monoisotopic (exact) mass is 236 g/mol. The van der Waals surface area contributed by atoms with Gasteiger partial charge in [0.2, 0.25) is 0 Å². The molecule has 88 valence electrons. The molecule has 0 spiro atoms. The molecule has 4 heteroatoms. The van der Waals surface area contributed by atoms with E-state index >= 15 is 0 Å². The smallest absolute Gasteiger partial charge is 0.165 e. The predicted molar refractivity (Wildman–Crippen MR) is 60.0 cm³/mol. The Kier molecular flexibility index (Phi) is 2.95. The Morgan fingerprint density at radius 3 is 2.35 bits per heavy atom. The highest BCUT2D eigenvalue weighted by atomic mass is 19.1. The molecule has 0 saturated heterocycles. The second-order valence-electron chi connectivity index (χ2n) is 3.55. The molecule has 0 unspecified atom stereocenters. The second kappa shape index (κ2) is 4.41. The van der Waals surface area contributed by atoms with E-state index in [1.807, 2.05) is 0 Å². The number of rotatable bonds is 2. The fraction of sp³-hybridized carbons (Fsp3) is 0.0769. The van der Waals surface area contributed by atoms with E-state index in [2.05, 4.69) is 0 Å². The van der Waals surface area contributed by atoms with Gasteiger partial charge in [-0.2, -0.15) is 0 Å². The van der Waals surface area contributed by atoms with Crippen molar-refractivity contribution in [2.45, 2.75) is 0 Å². The lowest BCUT2D eigenvalue weighted by atomic mass is 10.0. The molecule has 0 bridgehead atoms. The molecule has 0 amide bonds. The van der Waals surface area contributed by atoms with Crippen LogP contribution in [0.1, 0.15) is 0 Å². The Morgan fingerprint density at radius 1 is 1.00 bits per heavy atom. The normalized spacial score (nSPS) is 10.3. The minimum absolute atomic E-state index is 0.120. The molecule has 2 aromatic carbocycles. The summed E-state index contributed by atoms with van der Waals surface area (Å²) in [6.07, 6.45) is 0. The second-order valence-corrected chi connectivity index (χ2v) is 3.55. The third-order valence-corrected chi connectivity index (χ3v) is 2.37. The summed E-state index contributed by atoms with van der Waals surface area (Å²) in [5.41, 5.74) is 0.877. The van der Waals surface area contributed by atoms with Crippen molar-refractivity contribution in [3.05, 3.63) is 48.0 Å². The van der Waals surface area contributed by atoms with Gasteiger partial charge in [0.1, 0.15) is 11.6 Å². The number of halogens is 2. The summed E-state index contributed by atoms with van der Waals surface area (Å²) in [5.74, 6) is -1.18. The van der Waals surface area contributed by atoms with Crippen molar-refractivity contribution in [2.75, 3.05) is 7.11 Å². The summed E-state index contributed by atoms with van der Waals surface area (Å²) in [7, 11) is 1.37. The van der Waals surface area contributed by atoms with Gasteiger partial charge in [-0.3, -0.25) is 0 Å². The van der Waals surface area contributed by atoms with Gasteiger partial charge in [0.25, 0.3) is 0 Å². The molecule has 17 heavy (non-hydrogen) atoms. The van der Waals surface area contributed by atoms with Crippen LogP contribution in [0.15, 0.2) is 36.4 Å². The van der Waals surface area contributed by atoms with Gasteiger partial charge in [-0.15, -0.1) is 0 Å². The van der Waals surface area contributed by atoms with E-state index < -0.39 is 11.6 Å². The number of methoxy groups -OCH3 is 1. The van der Waals surface area contributed by atoms with Crippen LogP contribution in [0.3, 0.4) is 0 Å². The van der Waals surface area contributed by atoms with Crippen molar-refractivity contribution in [3.63, 3.8) is 0 Å². The Morgan fingerprint density at radius 2 is 1.76 bits per heavy atom. The zero-order valence-corrected chi connectivity index (χ0v) is 9.08. The van der Waals surface area contributed by atoms with E-state index in [1.165, 1.54) is 31.4 Å². The molecule has 0 saturated carbocycles. The van der Waals surface area contributed by atoms with Gasteiger partial charge in [0, 0.05) is 6.07 Å². The molecule has 0 radical (unpaired) electrons. The van der Waals surface area contributed by atoms with Crippen LogP contribution in [0.25, 0.3) is 11.1 Å². The van der Waals surface area contributed by atoms with Crippen LogP contribution in [0.5, 0.6) is 11.5 Å². The molecular weight excluding hydrogens is 226 g/mol. The zero-order valence-electron chi connectivity index (χ0n) is 9.08. The number of hydrogen-bond acceptors (Lipinski definition) is 2. The summed E-state index contributed by atoms with van der Waals surface area (Å²) in [6.45, 7) is 0. The van der Waals surface area contributed by atoms with E-state index in [0.717, 1.165) is 6.07 Å². The molecule has 0 aliphatic heterocycles. The summed E-state index contributed by atoms with van der Waals surface area (Å²) in [5, 5.41) is 9.27. The van der Waals surface area contributed by atoms with Gasteiger partial charge in [-0.05, 0) is 35.4 Å². The van der Waals surface area contributed by atoms with Gasteiger partial charge >= 0.3 is 0 Å². The lowest BCUT2D eigenvalue weighted by Crippen LogP contribution is -1.89. The summed E-state index contributed by atoms with van der Waals surface area (Å²) in [6, 6.07) is 7.85. The van der Waals surface area contributed by atoms with Gasteiger partial charge in [-0.25, -0.2) is 8.78 Å². The molecule has 0 aliphatic rings. The lowest BCUT2D eigenvalue weighted by molar-refractivity contribution is 0.386. The van der Waals surface area contributed by atoms with E-state index in [1.54, 1.807) is 6.07 Å². The molecule has 0 heterocycles. The summed E-state index contributed by atoms with van der Waals surface area (Å²) in [4.78, 5) is 0. The van der Waals surface area contributed by atoms with Crippen LogP contribution in [0, 0.1) is 11.6 Å². The predicted octanol–water partition coefficient (Wildman–Crippen LogP) is 3.35. The van der Waals surface area contributed by atoms with Crippen LogP contribution in [-0.4, -0.2) is 12.2 Å². The van der Waals surface area contributed by atoms with Gasteiger partial charge < -0.3 is 9.84 Å².